The van der Waals surface area contributed by atoms with Crippen molar-refractivity contribution in [2.24, 2.45) is 0 Å². The van der Waals surface area contributed by atoms with Gasteiger partial charge in [-0.2, -0.15) is 0 Å². The molecular weight excluding hydrogens is 287 g/mol. The van der Waals surface area contributed by atoms with Crippen molar-refractivity contribution < 1.29 is 9.18 Å². The zero-order valence-corrected chi connectivity index (χ0v) is 12.4. The van der Waals surface area contributed by atoms with E-state index in [1.165, 1.54) is 18.2 Å². The summed E-state index contributed by atoms with van der Waals surface area (Å²) in [6, 6.07) is 14.0. The molecule has 0 aliphatic heterocycles. The van der Waals surface area contributed by atoms with Crippen LogP contribution in [0.15, 0.2) is 48.5 Å². The molecule has 2 aromatic carbocycles. The zero-order chi connectivity index (χ0) is 14.9. The molecule has 0 saturated heterocycles. The van der Waals surface area contributed by atoms with Gasteiger partial charge in [0.2, 0.25) is 0 Å². The molecule has 0 N–H and O–H groups in total. The Morgan fingerprint density at radius 2 is 1.86 bits per heavy atom. The van der Waals surface area contributed by atoms with E-state index in [2.05, 4.69) is 0 Å². The molecule has 0 aromatic heterocycles. The normalized spacial score (nSPS) is 16.3. The number of benzene rings is 2. The van der Waals surface area contributed by atoms with E-state index < -0.39 is 5.41 Å². The molecule has 0 bridgehead atoms. The summed E-state index contributed by atoms with van der Waals surface area (Å²) in [7, 11) is 0. The zero-order valence-electron chi connectivity index (χ0n) is 11.6. The Bertz CT molecular complexity index is 662. The van der Waals surface area contributed by atoms with Crippen molar-refractivity contribution in [1.29, 1.82) is 0 Å². The highest BCUT2D eigenvalue weighted by Crippen LogP contribution is 2.45. The largest absolute Gasteiger partial charge is 0.298 e. The van der Waals surface area contributed by atoms with Crippen molar-refractivity contribution in [2.75, 3.05) is 0 Å². The molecule has 0 heterocycles. The quantitative estimate of drug-likeness (QED) is 0.799. The van der Waals surface area contributed by atoms with E-state index in [0.29, 0.717) is 10.6 Å². The number of Topliss-reactive ketones (excluding diaryl/α,β-unsaturated/α-hetero) is 1. The van der Waals surface area contributed by atoms with Crippen LogP contribution >= 0.6 is 11.6 Å². The minimum absolute atomic E-state index is 0.132. The van der Waals surface area contributed by atoms with Gasteiger partial charge in [-0.25, -0.2) is 4.39 Å². The third kappa shape index (κ3) is 2.60. The highest BCUT2D eigenvalue weighted by atomic mass is 35.5. The Kier molecular flexibility index (Phi) is 3.81. The van der Waals surface area contributed by atoms with Crippen molar-refractivity contribution in [1.82, 2.24) is 0 Å². The van der Waals surface area contributed by atoms with Crippen LogP contribution in [-0.2, 0) is 16.6 Å². The fourth-order valence-corrected chi connectivity index (χ4v) is 3.22. The van der Waals surface area contributed by atoms with E-state index in [9.17, 15) is 9.18 Å². The van der Waals surface area contributed by atoms with Crippen molar-refractivity contribution in [3.63, 3.8) is 0 Å². The Labute approximate surface area is 128 Å². The minimum Gasteiger partial charge on any atom is -0.298 e. The SMILES string of the molecule is O=C(Cc1cc(F)ccc1Cl)C1(c2ccccc2)CCC1. The molecule has 2 aromatic rings. The summed E-state index contributed by atoms with van der Waals surface area (Å²) >= 11 is 6.08. The molecule has 0 amide bonds. The van der Waals surface area contributed by atoms with Gasteiger partial charge in [0.15, 0.2) is 0 Å². The summed E-state index contributed by atoms with van der Waals surface area (Å²) in [6.45, 7) is 0. The maximum Gasteiger partial charge on any atom is 0.147 e. The number of carbonyl (C=O) groups excluding carboxylic acids is 1. The van der Waals surface area contributed by atoms with E-state index >= 15 is 0 Å². The van der Waals surface area contributed by atoms with Crippen LogP contribution in [0.4, 0.5) is 4.39 Å². The molecule has 0 radical (unpaired) electrons. The number of hydrogen-bond acceptors (Lipinski definition) is 1. The molecule has 21 heavy (non-hydrogen) atoms. The van der Waals surface area contributed by atoms with Crippen LogP contribution in [-0.4, -0.2) is 5.78 Å². The highest BCUT2D eigenvalue weighted by Gasteiger charge is 2.44. The number of rotatable bonds is 4. The first-order chi connectivity index (χ1) is 10.1. The van der Waals surface area contributed by atoms with Gasteiger partial charge in [-0.15, -0.1) is 0 Å². The summed E-state index contributed by atoms with van der Waals surface area (Å²) in [5.41, 5.74) is 1.23. The standard InChI is InChI=1S/C18H16ClFO/c19-16-8-7-15(20)11-13(16)12-17(21)18(9-4-10-18)14-5-2-1-3-6-14/h1-3,5-8,11H,4,9-10,12H2. The molecule has 108 valence electrons. The lowest BCUT2D eigenvalue weighted by molar-refractivity contribution is -0.127. The topological polar surface area (TPSA) is 17.1 Å². The molecule has 1 saturated carbocycles. The Morgan fingerprint density at radius 1 is 1.14 bits per heavy atom. The molecule has 1 nitrogen and oxygen atoms in total. The smallest absolute Gasteiger partial charge is 0.147 e. The maximum absolute atomic E-state index is 13.3. The Balaban J connectivity index is 1.89. The van der Waals surface area contributed by atoms with Crippen molar-refractivity contribution in [3.8, 4) is 0 Å². The highest BCUT2D eigenvalue weighted by molar-refractivity contribution is 6.31. The monoisotopic (exact) mass is 302 g/mol. The van der Waals surface area contributed by atoms with Gasteiger partial charge < -0.3 is 0 Å². The average molecular weight is 303 g/mol. The van der Waals surface area contributed by atoms with E-state index in [4.69, 9.17) is 11.6 Å². The van der Waals surface area contributed by atoms with Crippen LogP contribution in [0.2, 0.25) is 5.02 Å². The van der Waals surface area contributed by atoms with Gasteiger partial charge in [-0.1, -0.05) is 48.4 Å². The predicted molar refractivity (Wildman–Crippen MR) is 82.1 cm³/mol. The van der Waals surface area contributed by atoms with E-state index in [1.54, 1.807) is 0 Å². The first-order valence-corrected chi connectivity index (χ1v) is 7.52. The molecule has 0 atom stereocenters. The Hall–Kier alpha value is -1.67. The first-order valence-electron chi connectivity index (χ1n) is 7.15. The second-order valence-electron chi connectivity index (χ2n) is 5.64. The van der Waals surface area contributed by atoms with Gasteiger partial charge in [0, 0.05) is 11.4 Å². The average Bonchev–Trinajstić information content (AvgIpc) is 2.43. The predicted octanol–water partition coefficient (Wildman–Crippen LogP) is 4.71. The molecule has 3 heteroatoms. The van der Waals surface area contributed by atoms with Gasteiger partial charge in [-0.05, 0) is 42.2 Å². The van der Waals surface area contributed by atoms with Crippen LogP contribution in [0.5, 0.6) is 0 Å². The van der Waals surface area contributed by atoms with Gasteiger partial charge in [0.1, 0.15) is 11.6 Å². The number of hydrogen-bond donors (Lipinski definition) is 0. The Morgan fingerprint density at radius 3 is 2.48 bits per heavy atom. The summed E-state index contributed by atoms with van der Waals surface area (Å²) in [4.78, 5) is 12.8. The van der Waals surface area contributed by atoms with Gasteiger partial charge in [-0.3, -0.25) is 4.79 Å². The molecule has 0 unspecified atom stereocenters. The minimum atomic E-state index is -0.406. The van der Waals surface area contributed by atoms with Crippen LogP contribution in [0, 0.1) is 5.82 Å². The third-order valence-corrected chi connectivity index (χ3v) is 4.79. The van der Waals surface area contributed by atoms with E-state index in [-0.39, 0.29) is 18.0 Å². The number of halogens is 2. The summed E-state index contributed by atoms with van der Waals surface area (Å²) < 4.78 is 13.3. The van der Waals surface area contributed by atoms with E-state index in [1.807, 2.05) is 30.3 Å². The number of carbonyl (C=O) groups is 1. The summed E-state index contributed by atoms with van der Waals surface area (Å²) in [5.74, 6) is -0.225. The van der Waals surface area contributed by atoms with Crippen LogP contribution in [0.3, 0.4) is 0 Å². The van der Waals surface area contributed by atoms with Crippen molar-refractivity contribution in [3.05, 3.63) is 70.5 Å². The second kappa shape index (κ2) is 5.61. The molecular formula is C18H16ClFO. The lowest BCUT2D eigenvalue weighted by Gasteiger charge is -2.41. The molecule has 1 aliphatic carbocycles. The molecule has 0 spiro atoms. The molecule has 1 aliphatic rings. The summed E-state index contributed by atoms with van der Waals surface area (Å²) in [6.07, 6.45) is 2.97. The fraction of sp³-hybridized carbons (Fsp3) is 0.278. The van der Waals surface area contributed by atoms with Gasteiger partial charge in [0.05, 0.1) is 5.41 Å². The van der Waals surface area contributed by atoms with Gasteiger partial charge in [0.25, 0.3) is 0 Å². The first kappa shape index (κ1) is 14.3. The van der Waals surface area contributed by atoms with Crippen LogP contribution in [0.25, 0.3) is 0 Å². The maximum atomic E-state index is 13.3. The molecule has 3 rings (SSSR count). The second-order valence-corrected chi connectivity index (χ2v) is 6.04. The molecule has 1 fully saturated rings. The van der Waals surface area contributed by atoms with Crippen molar-refractivity contribution >= 4 is 17.4 Å². The van der Waals surface area contributed by atoms with E-state index in [0.717, 1.165) is 24.8 Å². The lowest BCUT2D eigenvalue weighted by Crippen LogP contribution is -2.43. The van der Waals surface area contributed by atoms with Crippen molar-refractivity contribution in [2.45, 2.75) is 31.1 Å². The summed E-state index contributed by atoms with van der Waals surface area (Å²) in [5, 5.41) is 0.451. The third-order valence-electron chi connectivity index (χ3n) is 4.43. The van der Waals surface area contributed by atoms with Gasteiger partial charge >= 0.3 is 0 Å². The number of ketones is 1. The fourth-order valence-electron chi connectivity index (χ4n) is 3.04. The lowest BCUT2D eigenvalue weighted by atomic mass is 9.61. The van der Waals surface area contributed by atoms with Crippen LogP contribution in [0.1, 0.15) is 30.4 Å². The van der Waals surface area contributed by atoms with Crippen LogP contribution < -0.4 is 0 Å².